The van der Waals surface area contributed by atoms with Gasteiger partial charge in [-0.15, -0.1) is 0 Å². The first-order valence-electron chi connectivity index (χ1n) is 11.5. The summed E-state index contributed by atoms with van der Waals surface area (Å²) in [5, 5.41) is 21.9. The van der Waals surface area contributed by atoms with Crippen molar-refractivity contribution < 1.29 is 32.3 Å². The van der Waals surface area contributed by atoms with E-state index in [2.05, 4.69) is 37.4 Å². The SMILES string of the molecule is C=C1C2=C(C=CC1C(=O)O)[C@@H](NC(=O)c1ncnc3c(NCc4ccc(F)c(C(F)(F)F)c4)n[nH]c13)CC2. The fourth-order valence-electron chi connectivity index (χ4n) is 4.69. The quantitative estimate of drug-likeness (QED) is 0.354. The Kier molecular flexibility index (Phi) is 6.21. The molecule has 1 unspecified atom stereocenters. The molecule has 0 aliphatic heterocycles. The number of hydrogen-bond acceptors (Lipinski definition) is 6. The van der Waals surface area contributed by atoms with Crippen LogP contribution in [0.4, 0.5) is 23.4 Å². The minimum absolute atomic E-state index is 0.00719. The minimum atomic E-state index is -4.83. The topological polar surface area (TPSA) is 133 Å². The molecule has 4 N–H and O–H groups in total. The lowest BCUT2D eigenvalue weighted by molar-refractivity contribution is -0.140. The monoisotopic (exact) mass is 528 g/mol. The molecule has 1 aromatic carbocycles. The molecule has 9 nitrogen and oxygen atoms in total. The fourth-order valence-corrected chi connectivity index (χ4v) is 4.69. The van der Waals surface area contributed by atoms with Crippen LogP contribution in [-0.4, -0.2) is 43.2 Å². The van der Waals surface area contributed by atoms with Gasteiger partial charge in [0.25, 0.3) is 5.91 Å². The van der Waals surface area contributed by atoms with Gasteiger partial charge < -0.3 is 15.7 Å². The van der Waals surface area contributed by atoms with Crippen LogP contribution in [0.1, 0.15) is 34.5 Å². The van der Waals surface area contributed by atoms with Crippen molar-refractivity contribution >= 4 is 28.7 Å². The number of aliphatic carboxylic acids is 1. The smallest absolute Gasteiger partial charge is 0.419 e. The first kappa shape index (κ1) is 25.1. The molecule has 0 radical (unpaired) electrons. The molecule has 196 valence electrons. The van der Waals surface area contributed by atoms with Crippen LogP contribution in [0.3, 0.4) is 0 Å². The number of benzene rings is 1. The standard InChI is InChI=1S/C25H20F4N6O3/c1-11-13-5-7-18(15(13)4-3-14(11)24(37)38)33-23(36)21-19-20(31-10-32-21)22(35-34-19)30-9-12-2-6-17(26)16(8-12)25(27,28)29/h2-4,6,8,10,14,18H,1,5,7,9H2,(H,33,36)(H,37,38)(H2,30,34,35)/t14?,18-/m0/s1. The molecule has 1 amide bonds. The highest BCUT2D eigenvalue weighted by atomic mass is 19.4. The predicted octanol–water partition coefficient (Wildman–Crippen LogP) is 4.14. The fraction of sp³-hybridized carbons (Fsp3) is 0.240. The molecule has 13 heteroatoms. The van der Waals surface area contributed by atoms with Crippen molar-refractivity contribution in [2.75, 3.05) is 5.32 Å². The van der Waals surface area contributed by atoms with E-state index in [4.69, 9.17) is 0 Å². The van der Waals surface area contributed by atoms with Gasteiger partial charge in [-0.3, -0.25) is 14.7 Å². The Morgan fingerprint density at radius 3 is 2.76 bits per heavy atom. The Morgan fingerprint density at radius 1 is 1.24 bits per heavy atom. The molecular formula is C25H20F4N6O3. The summed E-state index contributed by atoms with van der Waals surface area (Å²) in [6.07, 6.45) is 0.717. The summed E-state index contributed by atoms with van der Waals surface area (Å²) >= 11 is 0. The van der Waals surface area contributed by atoms with Gasteiger partial charge in [0.1, 0.15) is 23.2 Å². The van der Waals surface area contributed by atoms with Crippen LogP contribution < -0.4 is 10.6 Å². The van der Waals surface area contributed by atoms with E-state index < -0.39 is 35.4 Å². The molecule has 3 aromatic rings. The lowest BCUT2D eigenvalue weighted by Crippen LogP contribution is -2.35. The van der Waals surface area contributed by atoms with Crippen LogP contribution in [0.25, 0.3) is 11.0 Å². The number of alkyl halides is 3. The van der Waals surface area contributed by atoms with Gasteiger partial charge in [-0.2, -0.15) is 18.3 Å². The van der Waals surface area contributed by atoms with Crippen LogP contribution in [0.5, 0.6) is 0 Å². The zero-order valence-electron chi connectivity index (χ0n) is 19.6. The van der Waals surface area contributed by atoms with Gasteiger partial charge in [-0.25, -0.2) is 14.4 Å². The van der Waals surface area contributed by atoms with Gasteiger partial charge in [-0.1, -0.05) is 24.8 Å². The molecule has 0 bridgehead atoms. The zero-order chi connectivity index (χ0) is 27.2. The van der Waals surface area contributed by atoms with Gasteiger partial charge in [0, 0.05) is 6.54 Å². The first-order chi connectivity index (χ1) is 18.0. The number of aromatic nitrogens is 4. The lowest BCUT2D eigenvalue weighted by atomic mass is 9.86. The van der Waals surface area contributed by atoms with Gasteiger partial charge in [0.15, 0.2) is 11.5 Å². The maximum absolute atomic E-state index is 13.6. The summed E-state index contributed by atoms with van der Waals surface area (Å²) in [6, 6.07) is 2.31. The van der Waals surface area contributed by atoms with Crippen molar-refractivity contribution in [3.05, 3.63) is 82.6 Å². The largest absolute Gasteiger partial charge is 0.481 e. The summed E-state index contributed by atoms with van der Waals surface area (Å²) in [4.78, 5) is 32.7. The number of fused-ring (bicyclic) bond motifs is 1. The van der Waals surface area contributed by atoms with E-state index in [9.17, 15) is 32.3 Å². The molecule has 2 aliphatic carbocycles. The number of hydrogen-bond donors (Lipinski definition) is 4. The third kappa shape index (κ3) is 4.51. The Balaban J connectivity index is 1.33. The number of carboxylic acid groups (broad SMARTS) is 1. The van der Waals surface area contributed by atoms with Crippen LogP contribution in [0.2, 0.25) is 0 Å². The number of amides is 1. The van der Waals surface area contributed by atoms with Crippen molar-refractivity contribution in [3.63, 3.8) is 0 Å². The van der Waals surface area contributed by atoms with E-state index in [1.54, 1.807) is 12.2 Å². The second-order valence-electron chi connectivity index (χ2n) is 8.88. The molecule has 2 aliphatic rings. The molecule has 0 fully saturated rings. The van der Waals surface area contributed by atoms with E-state index in [0.717, 1.165) is 23.5 Å². The Labute approximate surface area is 212 Å². The highest BCUT2D eigenvalue weighted by molar-refractivity contribution is 6.05. The van der Waals surface area contributed by atoms with Crippen molar-refractivity contribution in [2.45, 2.75) is 31.6 Å². The van der Waals surface area contributed by atoms with E-state index in [1.165, 1.54) is 6.07 Å². The minimum Gasteiger partial charge on any atom is -0.481 e. The summed E-state index contributed by atoms with van der Waals surface area (Å²) in [6.45, 7) is 3.81. The van der Waals surface area contributed by atoms with Gasteiger partial charge in [0.2, 0.25) is 0 Å². The number of H-pyrrole nitrogens is 1. The average molecular weight is 528 g/mol. The number of nitrogens with zero attached hydrogens (tertiary/aromatic N) is 3. The van der Waals surface area contributed by atoms with Crippen molar-refractivity contribution in [3.8, 4) is 0 Å². The summed E-state index contributed by atoms with van der Waals surface area (Å²) in [5.74, 6) is -3.49. The number of nitrogens with one attached hydrogen (secondary N) is 3. The third-order valence-corrected chi connectivity index (χ3v) is 6.57. The number of carboxylic acids is 1. The predicted molar refractivity (Wildman–Crippen MR) is 127 cm³/mol. The molecule has 0 saturated carbocycles. The van der Waals surface area contributed by atoms with Gasteiger partial charge in [-0.05, 0) is 47.3 Å². The van der Waals surface area contributed by atoms with Crippen LogP contribution in [0, 0.1) is 11.7 Å². The molecule has 2 atom stereocenters. The second-order valence-corrected chi connectivity index (χ2v) is 8.88. The number of allylic oxidation sites excluding steroid dienone is 1. The maximum Gasteiger partial charge on any atom is 0.419 e. The normalized spacial score (nSPS) is 19.1. The summed E-state index contributed by atoms with van der Waals surface area (Å²) < 4.78 is 52.6. The van der Waals surface area contributed by atoms with Crippen LogP contribution in [-0.2, 0) is 17.5 Å². The number of rotatable bonds is 6. The molecule has 2 aromatic heterocycles. The lowest BCUT2D eigenvalue weighted by Gasteiger charge is -2.21. The first-order valence-corrected chi connectivity index (χ1v) is 11.5. The number of anilines is 1. The highest BCUT2D eigenvalue weighted by Gasteiger charge is 2.35. The Morgan fingerprint density at radius 2 is 2.03 bits per heavy atom. The van der Waals surface area contributed by atoms with E-state index >= 15 is 0 Å². The molecule has 0 spiro atoms. The number of aromatic amines is 1. The van der Waals surface area contributed by atoms with Gasteiger partial charge >= 0.3 is 12.1 Å². The molecule has 38 heavy (non-hydrogen) atoms. The van der Waals surface area contributed by atoms with Crippen molar-refractivity contribution in [1.82, 2.24) is 25.5 Å². The number of carbonyl (C=O) groups excluding carboxylic acids is 1. The van der Waals surface area contributed by atoms with E-state index in [1.807, 2.05) is 0 Å². The zero-order valence-corrected chi connectivity index (χ0v) is 19.6. The number of carbonyl (C=O) groups is 2. The summed E-state index contributed by atoms with van der Waals surface area (Å²) in [5.41, 5.74) is 1.38. The van der Waals surface area contributed by atoms with Crippen LogP contribution in [0.15, 0.2) is 60.0 Å². The number of halogens is 4. The summed E-state index contributed by atoms with van der Waals surface area (Å²) in [7, 11) is 0. The molecular weight excluding hydrogens is 508 g/mol. The second kappa shape index (κ2) is 9.39. The maximum atomic E-state index is 13.6. The molecule has 2 heterocycles. The highest BCUT2D eigenvalue weighted by Crippen LogP contribution is 2.39. The van der Waals surface area contributed by atoms with Crippen molar-refractivity contribution in [2.24, 2.45) is 5.92 Å². The Bertz CT molecular complexity index is 1540. The molecule has 0 saturated heterocycles. The van der Waals surface area contributed by atoms with Crippen molar-refractivity contribution in [1.29, 1.82) is 0 Å². The molecule has 5 rings (SSSR count). The Hall–Kier alpha value is -4.55. The average Bonchev–Trinajstić information content (AvgIpc) is 3.47. The van der Waals surface area contributed by atoms with E-state index in [0.29, 0.717) is 24.5 Å². The van der Waals surface area contributed by atoms with E-state index in [-0.39, 0.29) is 40.7 Å². The van der Waals surface area contributed by atoms with Crippen LogP contribution >= 0.6 is 0 Å². The third-order valence-electron chi connectivity index (χ3n) is 6.57. The van der Waals surface area contributed by atoms with Gasteiger partial charge in [0.05, 0.1) is 17.5 Å².